The van der Waals surface area contributed by atoms with Crippen LogP contribution in [0.15, 0.2) is 0 Å². The van der Waals surface area contributed by atoms with Crippen LogP contribution in [0, 0.1) is 5.41 Å². The molecular weight excluding hydrogens is 214 g/mol. The molecule has 0 unspecified atom stereocenters. The van der Waals surface area contributed by atoms with Crippen LogP contribution in [0.3, 0.4) is 0 Å². The lowest BCUT2D eigenvalue weighted by molar-refractivity contribution is -0.126. The first-order valence-corrected chi connectivity index (χ1v) is 6.47. The standard InChI is InChI=1S/C13H27N3O/c1-12(2,10-16(3)4)9-15-11(17)13(14)7-5-6-8-13/h5-10,14H2,1-4H3,(H,15,17). The van der Waals surface area contributed by atoms with Gasteiger partial charge in [-0.25, -0.2) is 0 Å². The van der Waals surface area contributed by atoms with E-state index in [0.717, 1.165) is 32.2 Å². The van der Waals surface area contributed by atoms with E-state index in [1.54, 1.807) is 0 Å². The number of carbonyl (C=O) groups excluding carboxylic acids is 1. The first-order chi connectivity index (χ1) is 7.75. The Hall–Kier alpha value is -0.610. The largest absolute Gasteiger partial charge is 0.354 e. The molecule has 0 heterocycles. The molecule has 1 rings (SSSR count). The number of nitrogens with one attached hydrogen (secondary N) is 1. The molecular formula is C13H27N3O. The zero-order valence-electron chi connectivity index (χ0n) is 11.7. The summed E-state index contributed by atoms with van der Waals surface area (Å²) in [6.07, 6.45) is 3.80. The fraction of sp³-hybridized carbons (Fsp3) is 0.923. The summed E-state index contributed by atoms with van der Waals surface area (Å²) >= 11 is 0. The number of hydrogen-bond donors (Lipinski definition) is 2. The molecule has 0 atom stereocenters. The molecule has 0 spiro atoms. The Morgan fingerprint density at radius 1 is 1.35 bits per heavy atom. The summed E-state index contributed by atoms with van der Waals surface area (Å²) in [4.78, 5) is 14.2. The van der Waals surface area contributed by atoms with E-state index in [2.05, 4.69) is 24.1 Å². The maximum atomic E-state index is 12.0. The summed E-state index contributed by atoms with van der Waals surface area (Å²) in [6.45, 7) is 5.95. The smallest absolute Gasteiger partial charge is 0.240 e. The topological polar surface area (TPSA) is 58.4 Å². The van der Waals surface area contributed by atoms with E-state index in [4.69, 9.17) is 5.73 Å². The molecule has 1 amide bonds. The molecule has 1 saturated carbocycles. The summed E-state index contributed by atoms with van der Waals surface area (Å²) in [5.74, 6) is 0.0295. The van der Waals surface area contributed by atoms with Gasteiger partial charge in [-0.3, -0.25) is 4.79 Å². The Morgan fingerprint density at radius 3 is 2.35 bits per heavy atom. The van der Waals surface area contributed by atoms with Gasteiger partial charge < -0.3 is 16.0 Å². The fourth-order valence-electron chi connectivity index (χ4n) is 2.64. The van der Waals surface area contributed by atoms with Crippen molar-refractivity contribution in [1.29, 1.82) is 0 Å². The molecule has 1 fully saturated rings. The highest BCUT2D eigenvalue weighted by molar-refractivity contribution is 5.86. The minimum absolute atomic E-state index is 0.0295. The third-order valence-electron chi connectivity index (χ3n) is 3.42. The van der Waals surface area contributed by atoms with Gasteiger partial charge in [-0.2, -0.15) is 0 Å². The van der Waals surface area contributed by atoms with Crippen LogP contribution in [0.4, 0.5) is 0 Å². The number of hydrogen-bond acceptors (Lipinski definition) is 3. The first kappa shape index (κ1) is 14.5. The number of carbonyl (C=O) groups is 1. The van der Waals surface area contributed by atoms with Gasteiger partial charge in [-0.15, -0.1) is 0 Å². The number of amides is 1. The van der Waals surface area contributed by atoms with Crippen LogP contribution < -0.4 is 11.1 Å². The lowest BCUT2D eigenvalue weighted by atomic mass is 9.91. The predicted octanol–water partition coefficient (Wildman–Crippen LogP) is 0.962. The van der Waals surface area contributed by atoms with E-state index in [0.29, 0.717) is 6.54 Å². The minimum Gasteiger partial charge on any atom is -0.354 e. The van der Waals surface area contributed by atoms with Gasteiger partial charge in [-0.1, -0.05) is 26.7 Å². The molecule has 4 heteroatoms. The molecule has 0 radical (unpaired) electrons. The van der Waals surface area contributed by atoms with Crippen molar-refractivity contribution in [3.63, 3.8) is 0 Å². The molecule has 3 N–H and O–H groups in total. The van der Waals surface area contributed by atoms with Crippen LogP contribution in [-0.2, 0) is 4.79 Å². The van der Waals surface area contributed by atoms with Crippen molar-refractivity contribution in [3.8, 4) is 0 Å². The lowest BCUT2D eigenvalue weighted by Gasteiger charge is -2.30. The number of nitrogens with two attached hydrogens (primary N) is 1. The average Bonchev–Trinajstić information content (AvgIpc) is 2.61. The average molecular weight is 241 g/mol. The summed E-state index contributed by atoms with van der Waals surface area (Å²) in [7, 11) is 4.09. The zero-order chi connectivity index (χ0) is 13.1. The molecule has 1 aliphatic carbocycles. The highest BCUT2D eigenvalue weighted by Crippen LogP contribution is 2.27. The van der Waals surface area contributed by atoms with Crippen LogP contribution in [0.25, 0.3) is 0 Å². The van der Waals surface area contributed by atoms with Crippen molar-refractivity contribution in [1.82, 2.24) is 10.2 Å². The van der Waals surface area contributed by atoms with Crippen molar-refractivity contribution in [2.45, 2.75) is 45.1 Å². The van der Waals surface area contributed by atoms with Gasteiger partial charge >= 0.3 is 0 Å². The molecule has 0 aliphatic heterocycles. The second kappa shape index (κ2) is 5.36. The predicted molar refractivity (Wildman–Crippen MR) is 70.7 cm³/mol. The maximum Gasteiger partial charge on any atom is 0.240 e. The van der Waals surface area contributed by atoms with Crippen molar-refractivity contribution >= 4 is 5.91 Å². The van der Waals surface area contributed by atoms with Crippen LogP contribution in [0.5, 0.6) is 0 Å². The van der Waals surface area contributed by atoms with Crippen molar-refractivity contribution in [2.24, 2.45) is 11.1 Å². The van der Waals surface area contributed by atoms with Gasteiger partial charge in [0.1, 0.15) is 0 Å². The summed E-state index contributed by atoms with van der Waals surface area (Å²) in [5, 5.41) is 3.02. The van der Waals surface area contributed by atoms with E-state index in [1.165, 1.54) is 0 Å². The van der Waals surface area contributed by atoms with Crippen LogP contribution >= 0.6 is 0 Å². The van der Waals surface area contributed by atoms with E-state index >= 15 is 0 Å². The highest BCUT2D eigenvalue weighted by atomic mass is 16.2. The van der Waals surface area contributed by atoms with E-state index in [-0.39, 0.29) is 11.3 Å². The first-order valence-electron chi connectivity index (χ1n) is 6.47. The molecule has 0 aromatic heterocycles. The Morgan fingerprint density at radius 2 is 1.88 bits per heavy atom. The Labute approximate surface area is 105 Å². The van der Waals surface area contributed by atoms with E-state index < -0.39 is 5.54 Å². The molecule has 0 saturated heterocycles. The molecule has 0 bridgehead atoms. The molecule has 4 nitrogen and oxygen atoms in total. The van der Waals surface area contributed by atoms with Gasteiger partial charge in [0, 0.05) is 13.1 Å². The quantitative estimate of drug-likeness (QED) is 0.754. The third-order valence-corrected chi connectivity index (χ3v) is 3.42. The lowest BCUT2D eigenvalue weighted by Crippen LogP contribution is -2.54. The Kier molecular flexibility index (Phi) is 4.55. The van der Waals surface area contributed by atoms with E-state index in [1.807, 2.05) is 14.1 Å². The van der Waals surface area contributed by atoms with Crippen LogP contribution in [0.1, 0.15) is 39.5 Å². The molecule has 1 aliphatic rings. The van der Waals surface area contributed by atoms with Gasteiger partial charge in [0.2, 0.25) is 5.91 Å². The van der Waals surface area contributed by atoms with Gasteiger partial charge in [-0.05, 0) is 32.4 Å². The van der Waals surface area contributed by atoms with E-state index in [9.17, 15) is 4.79 Å². The third kappa shape index (κ3) is 4.28. The van der Waals surface area contributed by atoms with Gasteiger partial charge in [0.25, 0.3) is 0 Å². The highest BCUT2D eigenvalue weighted by Gasteiger charge is 2.37. The molecule has 17 heavy (non-hydrogen) atoms. The summed E-state index contributed by atoms with van der Waals surface area (Å²) in [5.41, 5.74) is 5.59. The molecule has 0 aromatic carbocycles. The second-order valence-corrected chi connectivity index (χ2v) is 6.45. The van der Waals surface area contributed by atoms with Crippen LogP contribution in [0.2, 0.25) is 0 Å². The molecule has 0 aromatic rings. The number of rotatable bonds is 5. The normalized spacial score (nSPS) is 19.6. The van der Waals surface area contributed by atoms with Crippen molar-refractivity contribution in [2.75, 3.05) is 27.2 Å². The zero-order valence-corrected chi connectivity index (χ0v) is 11.7. The summed E-state index contributed by atoms with van der Waals surface area (Å²) < 4.78 is 0. The molecule has 100 valence electrons. The Balaban J connectivity index is 2.42. The SMILES string of the molecule is CN(C)CC(C)(C)CNC(=O)C1(N)CCCC1. The monoisotopic (exact) mass is 241 g/mol. The summed E-state index contributed by atoms with van der Waals surface area (Å²) in [6, 6.07) is 0. The number of nitrogens with zero attached hydrogens (tertiary/aromatic N) is 1. The van der Waals surface area contributed by atoms with Crippen molar-refractivity contribution < 1.29 is 4.79 Å². The second-order valence-electron chi connectivity index (χ2n) is 6.45. The van der Waals surface area contributed by atoms with Gasteiger partial charge in [0.05, 0.1) is 5.54 Å². The van der Waals surface area contributed by atoms with Crippen LogP contribution in [-0.4, -0.2) is 43.5 Å². The Bertz CT molecular complexity index is 268. The fourth-order valence-corrected chi connectivity index (χ4v) is 2.64. The maximum absolute atomic E-state index is 12.0. The minimum atomic E-state index is -0.603. The van der Waals surface area contributed by atoms with Crippen molar-refractivity contribution in [3.05, 3.63) is 0 Å². The van der Waals surface area contributed by atoms with Gasteiger partial charge in [0.15, 0.2) is 0 Å².